The number of hydrogen-bond donors (Lipinski definition) is 1. The van der Waals surface area contributed by atoms with E-state index >= 15 is 0 Å². The molecule has 21 heavy (non-hydrogen) atoms. The van der Waals surface area contributed by atoms with Gasteiger partial charge in [-0.25, -0.2) is 9.97 Å². The molecule has 3 unspecified atom stereocenters. The second-order valence-electron chi connectivity index (χ2n) is 6.25. The van der Waals surface area contributed by atoms with Crippen molar-refractivity contribution in [2.75, 3.05) is 12.8 Å². The van der Waals surface area contributed by atoms with Gasteiger partial charge in [0.15, 0.2) is 0 Å². The Kier molecular flexibility index (Phi) is 2.96. The van der Waals surface area contributed by atoms with Crippen molar-refractivity contribution in [3.63, 3.8) is 0 Å². The van der Waals surface area contributed by atoms with Crippen LogP contribution in [0.1, 0.15) is 37.3 Å². The first-order valence-corrected chi connectivity index (χ1v) is 7.84. The van der Waals surface area contributed by atoms with Crippen molar-refractivity contribution < 1.29 is 4.74 Å². The second kappa shape index (κ2) is 4.73. The van der Waals surface area contributed by atoms with E-state index in [9.17, 15) is 0 Å². The molecule has 4 rings (SSSR count). The molecule has 0 saturated heterocycles. The standard InChI is InChI=1S/C16H18ClN3O/c1-21-14-7-13-12(6-11(14)17)19-15(16(18)20-13)10-5-8-2-3-9(10)4-8/h6-10H,2-5H2,1H3,(H2,18,20). The van der Waals surface area contributed by atoms with E-state index in [1.165, 1.54) is 25.7 Å². The zero-order valence-electron chi connectivity index (χ0n) is 12.0. The lowest BCUT2D eigenvalue weighted by Gasteiger charge is -2.22. The van der Waals surface area contributed by atoms with Gasteiger partial charge in [0.1, 0.15) is 11.6 Å². The summed E-state index contributed by atoms with van der Waals surface area (Å²) in [6.45, 7) is 0. The third kappa shape index (κ3) is 2.04. The summed E-state index contributed by atoms with van der Waals surface area (Å²) in [6.07, 6.45) is 5.20. The number of anilines is 1. The van der Waals surface area contributed by atoms with Crippen LogP contribution in [0.15, 0.2) is 12.1 Å². The number of rotatable bonds is 2. The zero-order chi connectivity index (χ0) is 14.6. The Balaban J connectivity index is 1.81. The molecule has 2 bridgehead atoms. The van der Waals surface area contributed by atoms with Gasteiger partial charge in [-0.2, -0.15) is 0 Å². The van der Waals surface area contributed by atoms with Gasteiger partial charge in [0.25, 0.3) is 0 Å². The van der Waals surface area contributed by atoms with E-state index < -0.39 is 0 Å². The molecule has 1 heterocycles. The van der Waals surface area contributed by atoms with Gasteiger partial charge in [-0.1, -0.05) is 18.0 Å². The fraction of sp³-hybridized carbons (Fsp3) is 0.500. The number of ether oxygens (including phenoxy) is 1. The maximum absolute atomic E-state index is 6.19. The van der Waals surface area contributed by atoms with Crippen LogP contribution in [0, 0.1) is 11.8 Å². The monoisotopic (exact) mass is 303 g/mol. The van der Waals surface area contributed by atoms with Gasteiger partial charge in [0, 0.05) is 12.0 Å². The molecule has 2 N–H and O–H groups in total. The third-order valence-electron chi connectivity index (χ3n) is 5.08. The highest BCUT2D eigenvalue weighted by Crippen LogP contribution is 2.53. The van der Waals surface area contributed by atoms with E-state index in [4.69, 9.17) is 27.1 Å². The molecule has 2 saturated carbocycles. The maximum Gasteiger partial charge on any atom is 0.146 e. The van der Waals surface area contributed by atoms with Gasteiger partial charge in [-0.05, 0) is 37.2 Å². The van der Waals surface area contributed by atoms with Crippen LogP contribution in [0.3, 0.4) is 0 Å². The smallest absolute Gasteiger partial charge is 0.146 e. The summed E-state index contributed by atoms with van der Waals surface area (Å²) in [6, 6.07) is 3.62. The normalized spacial score (nSPS) is 27.4. The number of halogens is 1. The molecule has 0 spiro atoms. The van der Waals surface area contributed by atoms with Crippen molar-refractivity contribution >= 4 is 28.5 Å². The Morgan fingerprint density at radius 2 is 2.00 bits per heavy atom. The van der Waals surface area contributed by atoms with Crippen LogP contribution in [-0.2, 0) is 0 Å². The fourth-order valence-electron chi connectivity index (χ4n) is 4.09. The summed E-state index contributed by atoms with van der Waals surface area (Å²) >= 11 is 6.19. The molecule has 3 atom stereocenters. The lowest BCUT2D eigenvalue weighted by Crippen LogP contribution is -2.13. The molecule has 2 aliphatic rings. The molecule has 5 heteroatoms. The highest BCUT2D eigenvalue weighted by molar-refractivity contribution is 6.32. The summed E-state index contributed by atoms with van der Waals surface area (Å²) in [7, 11) is 1.59. The Morgan fingerprint density at radius 1 is 1.19 bits per heavy atom. The second-order valence-corrected chi connectivity index (χ2v) is 6.66. The number of hydrogen-bond acceptors (Lipinski definition) is 4. The minimum atomic E-state index is 0.474. The van der Waals surface area contributed by atoms with Crippen LogP contribution in [0.5, 0.6) is 5.75 Å². The zero-order valence-corrected chi connectivity index (χ0v) is 12.7. The van der Waals surface area contributed by atoms with Gasteiger partial charge in [0.05, 0.1) is 28.9 Å². The van der Waals surface area contributed by atoms with E-state index in [1.54, 1.807) is 13.2 Å². The number of benzene rings is 1. The molecule has 0 aliphatic heterocycles. The predicted octanol–water partition coefficient (Wildman–Crippen LogP) is 3.78. The van der Waals surface area contributed by atoms with E-state index in [0.717, 1.165) is 28.6 Å². The van der Waals surface area contributed by atoms with Crippen LogP contribution < -0.4 is 10.5 Å². The molecule has 4 nitrogen and oxygen atoms in total. The van der Waals surface area contributed by atoms with Gasteiger partial charge < -0.3 is 10.5 Å². The molecule has 0 radical (unpaired) electrons. The molecule has 2 aliphatic carbocycles. The Hall–Kier alpha value is -1.55. The Morgan fingerprint density at radius 3 is 2.67 bits per heavy atom. The lowest BCUT2D eigenvalue weighted by atomic mass is 9.86. The number of methoxy groups -OCH3 is 1. The highest BCUT2D eigenvalue weighted by atomic mass is 35.5. The van der Waals surface area contributed by atoms with E-state index in [2.05, 4.69) is 4.98 Å². The van der Waals surface area contributed by atoms with E-state index in [1.807, 2.05) is 6.07 Å². The summed E-state index contributed by atoms with van der Waals surface area (Å²) in [5, 5.41) is 0.558. The third-order valence-corrected chi connectivity index (χ3v) is 5.38. The summed E-state index contributed by atoms with van der Waals surface area (Å²) in [5.74, 6) is 3.23. The van der Waals surface area contributed by atoms with Gasteiger partial charge in [-0.3, -0.25) is 0 Å². The number of nitrogens with two attached hydrogens (primary N) is 1. The predicted molar refractivity (Wildman–Crippen MR) is 83.7 cm³/mol. The van der Waals surface area contributed by atoms with Gasteiger partial charge in [-0.15, -0.1) is 0 Å². The van der Waals surface area contributed by atoms with Crippen LogP contribution >= 0.6 is 11.6 Å². The molecular weight excluding hydrogens is 286 g/mol. The lowest BCUT2D eigenvalue weighted by molar-refractivity contribution is 0.413. The van der Waals surface area contributed by atoms with Crippen molar-refractivity contribution in [2.24, 2.45) is 11.8 Å². The minimum Gasteiger partial charge on any atom is -0.495 e. The van der Waals surface area contributed by atoms with Crippen LogP contribution in [-0.4, -0.2) is 17.1 Å². The number of nitrogens with zero attached hydrogens (tertiary/aromatic N) is 2. The average molecular weight is 304 g/mol. The molecule has 110 valence electrons. The largest absolute Gasteiger partial charge is 0.495 e. The summed E-state index contributed by atoms with van der Waals surface area (Å²) < 4.78 is 5.22. The Labute approximate surface area is 128 Å². The first-order chi connectivity index (χ1) is 10.2. The number of fused-ring (bicyclic) bond motifs is 3. The van der Waals surface area contributed by atoms with Crippen molar-refractivity contribution in [2.45, 2.75) is 31.6 Å². The van der Waals surface area contributed by atoms with Crippen molar-refractivity contribution in [3.05, 3.63) is 22.8 Å². The first kappa shape index (κ1) is 13.1. The number of aromatic nitrogens is 2. The van der Waals surface area contributed by atoms with Gasteiger partial charge >= 0.3 is 0 Å². The minimum absolute atomic E-state index is 0.474. The number of nitrogen functional groups attached to an aromatic ring is 1. The Bertz CT molecular complexity index is 718. The van der Waals surface area contributed by atoms with Crippen LogP contribution in [0.4, 0.5) is 5.82 Å². The van der Waals surface area contributed by atoms with Crippen molar-refractivity contribution in [1.82, 2.24) is 9.97 Å². The maximum atomic E-state index is 6.19. The average Bonchev–Trinajstić information content (AvgIpc) is 3.09. The van der Waals surface area contributed by atoms with Crippen LogP contribution in [0.25, 0.3) is 11.0 Å². The quantitative estimate of drug-likeness (QED) is 0.917. The molecular formula is C16H18ClN3O. The van der Waals surface area contributed by atoms with Crippen molar-refractivity contribution in [3.8, 4) is 5.75 Å². The molecule has 1 aromatic heterocycles. The molecule has 2 aromatic rings. The highest BCUT2D eigenvalue weighted by Gasteiger charge is 2.41. The van der Waals surface area contributed by atoms with E-state index in [-0.39, 0.29) is 0 Å². The fourth-order valence-corrected chi connectivity index (χ4v) is 4.33. The van der Waals surface area contributed by atoms with Gasteiger partial charge in [0.2, 0.25) is 0 Å². The first-order valence-electron chi connectivity index (χ1n) is 7.46. The van der Waals surface area contributed by atoms with Crippen molar-refractivity contribution in [1.29, 1.82) is 0 Å². The summed E-state index contributed by atoms with van der Waals surface area (Å²) in [4.78, 5) is 9.31. The molecule has 1 aromatic carbocycles. The molecule has 0 amide bonds. The van der Waals surface area contributed by atoms with E-state index in [0.29, 0.717) is 22.5 Å². The summed E-state index contributed by atoms with van der Waals surface area (Å²) in [5.41, 5.74) is 8.68. The van der Waals surface area contributed by atoms with Crippen LogP contribution in [0.2, 0.25) is 5.02 Å². The SMILES string of the molecule is COc1cc2nc(N)c(C3CC4CCC3C4)nc2cc1Cl. The molecule has 2 fully saturated rings. The topological polar surface area (TPSA) is 61.0 Å².